The van der Waals surface area contributed by atoms with Crippen LogP contribution in [0, 0.1) is 0 Å². The SMILES string of the molecule is COc1cc(Cl)cc(B2OC(C)(C)C(C)(C)O2)n1. The minimum Gasteiger partial charge on any atom is -0.481 e. The van der Waals surface area contributed by atoms with Crippen molar-refractivity contribution in [1.29, 1.82) is 0 Å². The van der Waals surface area contributed by atoms with Crippen LogP contribution in [-0.4, -0.2) is 30.4 Å². The van der Waals surface area contributed by atoms with Gasteiger partial charge in [-0.2, -0.15) is 0 Å². The summed E-state index contributed by atoms with van der Waals surface area (Å²) in [4.78, 5) is 4.31. The van der Waals surface area contributed by atoms with Crippen molar-refractivity contribution in [3.63, 3.8) is 0 Å². The van der Waals surface area contributed by atoms with Crippen LogP contribution < -0.4 is 10.3 Å². The number of methoxy groups -OCH3 is 1. The van der Waals surface area contributed by atoms with Gasteiger partial charge in [0.2, 0.25) is 5.88 Å². The van der Waals surface area contributed by atoms with Gasteiger partial charge in [0.25, 0.3) is 0 Å². The van der Waals surface area contributed by atoms with Gasteiger partial charge in [0, 0.05) is 11.1 Å². The van der Waals surface area contributed by atoms with Crippen LogP contribution in [0.3, 0.4) is 0 Å². The molecule has 0 saturated carbocycles. The number of nitrogens with zero attached hydrogens (tertiary/aromatic N) is 1. The highest BCUT2D eigenvalue weighted by atomic mass is 35.5. The van der Waals surface area contributed by atoms with Crippen LogP contribution in [-0.2, 0) is 9.31 Å². The maximum absolute atomic E-state index is 6.02. The van der Waals surface area contributed by atoms with E-state index < -0.39 is 18.3 Å². The Bertz CT molecular complexity index is 449. The van der Waals surface area contributed by atoms with Crippen LogP contribution >= 0.6 is 11.6 Å². The molecular weight excluding hydrogens is 252 g/mol. The molecule has 0 amide bonds. The Morgan fingerprint density at radius 1 is 1.17 bits per heavy atom. The summed E-state index contributed by atoms with van der Waals surface area (Å²) in [5.41, 5.74) is -0.165. The largest absolute Gasteiger partial charge is 0.514 e. The zero-order chi connectivity index (χ0) is 13.6. The van der Waals surface area contributed by atoms with E-state index in [1.165, 1.54) is 0 Å². The van der Waals surface area contributed by atoms with E-state index >= 15 is 0 Å². The molecule has 0 atom stereocenters. The molecule has 0 aromatic carbocycles. The van der Waals surface area contributed by atoms with Gasteiger partial charge < -0.3 is 14.0 Å². The second-order valence-electron chi connectivity index (χ2n) is 5.34. The first-order chi connectivity index (χ1) is 8.25. The topological polar surface area (TPSA) is 40.6 Å². The number of halogens is 1. The summed E-state index contributed by atoms with van der Waals surface area (Å²) < 4.78 is 16.9. The molecule has 1 aromatic heterocycles. The molecule has 18 heavy (non-hydrogen) atoms. The van der Waals surface area contributed by atoms with Crippen molar-refractivity contribution >= 4 is 24.3 Å². The molecule has 0 radical (unpaired) electrons. The van der Waals surface area contributed by atoms with Crippen molar-refractivity contribution in [3.05, 3.63) is 17.2 Å². The van der Waals surface area contributed by atoms with Crippen LogP contribution in [0.2, 0.25) is 5.02 Å². The van der Waals surface area contributed by atoms with Gasteiger partial charge in [0.1, 0.15) is 0 Å². The summed E-state index contributed by atoms with van der Waals surface area (Å²) >= 11 is 6.02. The maximum Gasteiger partial charge on any atom is 0.514 e. The number of rotatable bonds is 2. The van der Waals surface area contributed by atoms with Crippen molar-refractivity contribution in [1.82, 2.24) is 4.98 Å². The summed E-state index contributed by atoms with van der Waals surface area (Å²) in [5.74, 6) is 0.451. The average molecular weight is 270 g/mol. The van der Waals surface area contributed by atoms with Crippen molar-refractivity contribution in [3.8, 4) is 5.88 Å². The molecule has 1 aliphatic heterocycles. The summed E-state index contributed by atoms with van der Waals surface area (Å²) in [6, 6.07) is 3.38. The highest BCUT2D eigenvalue weighted by molar-refractivity contribution is 6.61. The minimum absolute atomic E-state index is 0.394. The second-order valence-corrected chi connectivity index (χ2v) is 5.78. The highest BCUT2D eigenvalue weighted by Crippen LogP contribution is 2.36. The molecule has 1 aromatic rings. The number of pyridine rings is 1. The van der Waals surface area contributed by atoms with Crippen molar-refractivity contribution in [2.24, 2.45) is 0 Å². The first-order valence-corrected chi connectivity index (χ1v) is 6.20. The Labute approximate surface area is 113 Å². The molecule has 98 valence electrons. The Kier molecular flexibility index (Phi) is 3.34. The third-order valence-electron chi connectivity index (χ3n) is 3.49. The maximum atomic E-state index is 6.02. The van der Waals surface area contributed by atoms with Gasteiger partial charge in [0.15, 0.2) is 0 Å². The van der Waals surface area contributed by atoms with E-state index in [0.29, 0.717) is 16.5 Å². The Morgan fingerprint density at radius 3 is 2.22 bits per heavy atom. The molecule has 6 heteroatoms. The Balaban J connectivity index is 2.32. The van der Waals surface area contributed by atoms with Crippen LogP contribution in [0.4, 0.5) is 0 Å². The number of hydrogen-bond acceptors (Lipinski definition) is 4. The predicted octanol–water partition coefficient (Wildman–Crippen LogP) is 2.04. The van der Waals surface area contributed by atoms with Crippen LogP contribution in [0.5, 0.6) is 5.88 Å². The lowest BCUT2D eigenvalue weighted by atomic mass is 9.84. The third-order valence-corrected chi connectivity index (χ3v) is 3.71. The molecule has 0 N–H and O–H groups in total. The molecule has 0 unspecified atom stereocenters. The molecule has 2 rings (SSSR count). The fraction of sp³-hybridized carbons (Fsp3) is 0.583. The number of ether oxygens (including phenoxy) is 1. The van der Waals surface area contributed by atoms with Gasteiger partial charge in [-0.25, -0.2) is 4.98 Å². The first kappa shape index (κ1) is 13.7. The monoisotopic (exact) mass is 269 g/mol. The minimum atomic E-state index is -0.525. The molecule has 0 bridgehead atoms. The fourth-order valence-electron chi connectivity index (χ4n) is 1.68. The van der Waals surface area contributed by atoms with E-state index in [9.17, 15) is 0 Å². The van der Waals surface area contributed by atoms with E-state index in [0.717, 1.165) is 0 Å². The van der Waals surface area contributed by atoms with Gasteiger partial charge >= 0.3 is 7.12 Å². The molecule has 4 nitrogen and oxygen atoms in total. The number of aromatic nitrogens is 1. The lowest BCUT2D eigenvalue weighted by Gasteiger charge is -2.32. The summed E-state index contributed by atoms with van der Waals surface area (Å²) in [6.07, 6.45) is 0. The summed E-state index contributed by atoms with van der Waals surface area (Å²) in [7, 11) is 1.02. The van der Waals surface area contributed by atoms with Gasteiger partial charge in [-0.3, -0.25) is 0 Å². The molecule has 2 heterocycles. The molecule has 1 saturated heterocycles. The van der Waals surface area contributed by atoms with Gasteiger partial charge in [0.05, 0.1) is 23.9 Å². The van der Waals surface area contributed by atoms with Gasteiger partial charge in [-0.15, -0.1) is 0 Å². The van der Waals surface area contributed by atoms with E-state index in [1.54, 1.807) is 19.2 Å². The molecule has 1 aliphatic rings. The number of hydrogen-bond donors (Lipinski definition) is 0. The Hall–Kier alpha value is -0.775. The first-order valence-electron chi connectivity index (χ1n) is 5.82. The average Bonchev–Trinajstić information content (AvgIpc) is 2.47. The van der Waals surface area contributed by atoms with Crippen molar-refractivity contribution in [2.75, 3.05) is 7.11 Å². The van der Waals surface area contributed by atoms with Crippen LogP contribution in [0.25, 0.3) is 0 Å². The fourth-order valence-corrected chi connectivity index (χ4v) is 1.89. The van der Waals surface area contributed by atoms with Crippen LogP contribution in [0.15, 0.2) is 12.1 Å². The third kappa shape index (κ3) is 2.35. The smallest absolute Gasteiger partial charge is 0.481 e. The normalized spacial score (nSPS) is 21.1. The Morgan fingerprint density at radius 2 is 1.72 bits per heavy atom. The predicted molar refractivity (Wildman–Crippen MR) is 71.5 cm³/mol. The van der Waals surface area contributed by atoms with E-state index in [2.05, 4.69) is 4.98 Å². The summed E-state index contributed by atoms with van der Waals surface area (Å²) in [6.45, 7) is 7.98. The zero-order valence-corrected chi connectivity index (χ0v) is 12.0. The molecule has 0 aliphatic carbocycles. The van der Waals surface area contributed by atoms with Crippen LogP contribution in [0.1, 0.15) is 27.7 Å². The van der Waals surface area contributed by atoms with Crippen molar-refractivity contribution in [2.45, 2.75) is 38.9 Å². The second kappa shape index (κ2) is 4.40. The van der Waals surface area contributed by atoms with E-state index in [1.807, 2.05) is 27.7 Å². The highest BCUT2D eigenvalue weighted by Gasteiger charge is 2.52. The molecule has 0 spiro atoms. The van der Waals surface area contributed by atoms with E-state index in [4.69, 9.17) is 25.6 Å². The molecule has 1 fully saturated rings. The zero-order valence-electron chi connectivity index (χ0n) is 11.3. The standard InChI is InChI=1S/C12H17BClNO3/c1-11(2)12(3,4)18-13(17-11)9-6-8(14)7-10(15-9)16-5/h6-7H,1-5H3. The van der Waals surface area contributed by atoms with Gasteiger partial charge in [-0.05, 0) is 33.8 Å². The lowest BCUT2D eigenvalue weighted by Crippen LogP contribution is -2.41. The summed E-state index contributed by atoms with van der Waals surface area (Å²) in [5, 5.41) is 0.548. The quantitative estimate of drug-likeness (QED) is 0.771. The lowest BCUT2D eigenvalue weighted by molar-refractivity contribution is 0.00578. The van der Waals surface area contributed by atoms with E-state index in [-0.39, 0.29) is 0 Å². The molecular formula is C12H17BClNO3. The van der Waals surface area contributed by atoms with Crippen molar-refractivity contribution < 1.29 is 14.0 Å². The van der Waals surface area contributed by atoms with Gasteiger partial charge in [-0.1, -0.05) is 11.6 Å².